The number of para-hydroxylation sites is 1. The van der Waals surface area contributed by atoms with Crippen molar-refractivity contribution in [3.05, 3.63) is 113 Å². The molecule has 1 aliphatic rings. The van der Waals surface area contributed by atoms with E-state index >= 15 is 4.79 Å². The minimum absolute atomic E-state index is 0.0411. The topological polar surface area (TPSA) is 263 Å². The van der Waals surface area contributed by atoms with Gasteiger partial charge in [-0.1, -0.05) is 54.6 Å². The number of fused-ring (bicyclic) bond motifs is 2. The molecular weight excluding hydrogens is 797 g/mol. The van der Waals surface area contributed by atoms with Gasteiger partial charge in [0.05, 0.1) is 29.8 Å². The van der Waals surface area contributed by atoms with Gasteiger partial charge in [0.1, 0.15) is 5.82 Å². The molecule has 1 aromatic heterocycles. The van der Waals surface area contributed by atoms with Gasteiger partial charge in [-0.2, -0.15) is 5.10 Å². The first kappa shape index (κ1) is 42.5. The number of aromatic nitrogens is 1. The number of sulfonamides is 1. The number of benzene rings is 4. The summed E-state index contributed by atoms with van der Waals surface area (Å²) < 4.78 is 39.4. The number of esters is 1. The largest absolute Gasteiger partial charge is 0.463 e. The van der Waals surface area contributed by atoms with Gasteiger partial charge in [-0.3, -0.25) is 35.5 Å². The van der Waals surface area contributed by atoms with Crippen LogP contribution in [0, 0.1) is 0 Å². The number of ketones is 1. The maximum absolute atomic E-state index is 15.3. The molecule has 2 heterocycles. The van der Waals surface area contributed by atoms with Gasteiger partial charge in [0.15, 0.2) is 5.66 Å². The van der Waals surface area contributed by atoms with E-state index in [0.29, 0.717) is 26.9 Å². The first-order valence-corrected chi connectivity index (χ1v) is 19.9. The maximum Gasteiger partial charge on any atom is 0.427 e. The van der Waals surface area contributed by atoms with Gasteiger partial charge in [-0.05, 0) is 66.8 Å². The van der Waals surface area contributed by atoms with E-state index in [-0.39, 0.29) is 51.8 Å². The molecule has 0 fully saturated rings. The van der Waals surface area contributed by atoms with Crippen LogP contribution in [0.1, 0.15) is 54.7 Å². The molecule has 19 heteroatoms. The van der Waals surface area contributed by atoms with E-state index in [2.05, 4.69) is 20.8 Å². The minimum atomic E-state index is -5.09. The van der Waals surface area contributed by atoms with Crippen molar-refractivity contribution < 1.29 is 46.7 Å². The molecule has 0 aliphatic carbocycles. The van der Waals surface area contributed by atoms with Crippen LogP contribution in [0.3, 0.4) is 0 Å². The fourth-order valence-corrected chi connectivity index (χ4v) is 8.73. The molecule has 1 aliphatic heterocycles. The van der Waals surface area contributed by atoms with Crippen LogP contribution < -0.4 is 27.1 Å². The lowest BCUT2D eigenvalue weighted by Crippen LogP contribution is -2.77. The molecule has 18 nitrogen and oxygen atoms in total. The van der Waals surface area contributed by atoms with Crippen LogP contribution in [0.15, 0.2) is 101 Å². The molecule has 4 amide bonds. The highest BCUT2D eigenvalue weighted by Gasteiger charge is 2.64. The number of anilines is 1. The standard InChI is InChI=1S/C41H40N8O10S/c1-5-58-38(54)41(43,48(24(3)50)35-20-15-28-9-7-8-10-33(28)46-35)37(53)40(42)29-16-17-30-31(18-19-34(32(30)21-29)60(56,57)49(40)25(4)51)36(52)44-22-26-11-13-27(14-12-26)23-45-47-39(55)59-6-2/h7-21,23H,5-6,22,42-43H2,1-4H3,(H,44,52)(H,47,55)/b45-23+. The molecule has 310 valence electrons. The van der Waals surface area contributed by atoms with E-state index < -0.39 is 61.8 Å². The summed E-state index contributed by atoms with van der Waals surface area (Å²) in [6.07, 6.45) is 0.707. The predicted molar refractivity (Wildman–Crippen MR) is 218 cm³/mol. The Balaban J connectivity index is 1.40. The second-order valence-electron chi connectivity index (χ2n) is 13.5. The first-order valence-electron chi connectivity index (χ1n) is 18.4. The van der Waals surface area contributed by atoms with Crippen LogP contribution >= 0.6 is 0 Å². The predicted octanol–water partition coefficient (Wildman–Crippen LogP) is 2.90. The number of hydrazone groups is 1. The van der Waals surface area contributed by atoms with E-state index in [9.17, 15) is 32.4 Å². The second kappa shape index (κ2) is 16.6. The van der Waals surface area contributed by atoms with Crippen molar-refractivity contribution in [3.63, 3.8) is 0 Å². The molecule has 6 N–H and O–H groups in total. The zero-order valence-corrected chi connectivity index (χ0v) is 33.6. The summed E-state index contributed by atoms with van der Waals surface area (Å²) in [4.78, 5) is 86.0. The quantitative estimate of drug-likeness (QED) is 0.0464. The Morgan fingerprint density at radius 1 is 0.900 bits per heavy atom. The van der Waals surface area contributed by atoms with Gasteiger partial charge in [0.2, 0.25) is 17.6 Å². The minimum Gasteiger partial charge on any atom is -0.463 e. The Bertz CT molecular complexity index is 2730. The number of carbonyl (C=O) groups excluding carboxylic acids is 6. The van der Waals surface area contributed by atoms with Crippen LogP contribution in [0.4, 0.5) is 10.6 Å². The van der Waals surface area contributed by atoms with Crippen molar-refractivity contribution in [2.75, 3.05) is 18.1 Å². The summed E-state index contributed by atoms with van der Waals surface area (Å²) in [6.45, 7) is 4.87. The molecule has 6 rings (SSSR count). The molecule has 0 radical (unpaired) electrons. The molecule has 2 bridgehead atoms. The molecule has 2 unspecified atom stereocenters. The summed E-state index contributed by atoms with van der Waals surface area (Å²) in [5, 5.41) is 7.28. The average molecular weight is 837 g/mol. The highest BCUT2D eigenvalue weighted by Crippen LogP contribution is 2.42. The van der Waals surface area contributed by atoms with E-state index in [0.717, 1.165) is 19.9 Å². The Labute approximate surface area is 343 Å². The number of pyridine rings is 1. The Kier molecular flexibility index (Phi) is 11.8. The molecule has 2 atom stereocenters. The third-order valence-electron chi connectivity index (χ3n) is 9.62. The number of ether oxygens (including phenoxy) is 2. The second-order valence-corrected chi connectivity index (χ2v) is 15.2. The van der Waals surface area contributed by atoms with Gasteiger partial charge >= 0.3 is 12.1 Å². The smallest absolute Gasteiger partial charge is 0.427 e. The summed E-state index contributed by atoms with van der Waals surface area (Å²) in [7, 11) is -5.09. The van der Waals surface area contributed by atoms with Gasteiger partial charge in [-0.15, -0.1) is 0 Å². The number of rotatable bonds is 12. The lowest BCUT2D eigenvalue weighted by atomic mass is 9.85. The molecule has 4 aromatic carbocycles. The first-order chi connectivity index (χ1) is 28.5. The van der Waals surface area contributed by atoms with E-state index in [1.807, 2.05) is 0 Å². The summed E-state index contributed by atoms with van der Waals surface area (Å²) in [5.41, 5.74) is 11.0. The van der Waals surface area contributed by atoms with Gasteiger partial charge in [-0.25, -0.2) is 32.7 Å². The number of carbonyl (C=O) groups is 6. The number of Topliss-reactive ketones (excluding diaryl/α,β-unsaturated/α-hetero) is 1. The Morgan fingerprint density at radius 3 is 2.27 bits per heavy atom. The highest BCUT2D eigenvalue weighted by molar-refractivity contribution is 7.90. The van der Waals surface area contributed by atoms with Gasteiger partial charge < -0.3 is 14.8 Å². The SMILES string of the molecule is CCOC(=O)N/N=C/c1ccc(CNC(=O)c2ccc3c4cc(ccc24)C(N)(C(=O)C(N)(C(=O)OCC)N(C(C)=O)c2ccc4ccccc4n2)N(C(C)=O)S3(=O)=O)cc1. The van der Waals surface area contributed by atoms with Gasteiger partial charge in [0.25, 0.3) is 21.6 Å². The van der Waals surface area contributed by atoms with Crippen LogP contribution in [0.5, 0.6) is 0 Å². The van der Waals surface area contributed by atoms with E-state index in [1.165, 1.54) is 43.5 Å². The third-order valence-corrected chi connectivity index (χ3v) is 11.6. The molecule has 60 heavy (non-hydrogen) atoms. The van der Waals surface area contributed by atoms with E-state index in [4.69, 9.17) is 20.9 Å². The maximum atomic E-state index is 15.3. The number of nitrogens with one attached hydrogen (secondary N) is 2. The van der Waals surface area contributed by atoms with Crippen molar-refractivity contribution >= 4 is 79.3 Å². The number of nitrogens with zero attached hydrogens (tertiary/aromatic N) is 4. The van der Waals surface area contributed by atoms with Crippen LogP contribution in [0.2, 0.25) is 0 Å². The third kappa shape index (κ3) is 7.51. The normalized spacial score (nSPS) is 16.5. The Hall–Kier alpha value is -7.09. The lowest BCUT2D eigenvalue weighted by Gasteiger charge is -2.44. The fourth-order valence-electron chi connectivity index (χ4n) is 6.94. The lowest BCUT2D eigenvalue weighted by molar-refractivity contribution is -0.159. The molecule has 0 saturated carbocycles. The number of amides is 4. The van der Waals surface area contributed by atoms with Crippen molar-refractivity contribution in [2.45, 2.75) is 50.5 Å². The molecule has 5 aromatic rings. The van der Waals surface area contributed by atoms with Crippen molar-refractivity contribution in [1.29, 1.82) is 0 Å². The van der Waals surface area contributed by atoms with Gasteiger partial charge in [0, 0.05) is 42.3 Å². The average Bonchev–Trinajstić information content (AvgIpc) is 3.28. The summed E-state index contributed by atoms with van der Waals surface area (Å²) in [5.74, 6) is -6.18. The van der Waals surface area contributed by atoms with E-state index in [1.54, 1.807) is 61.5 Å². The van der Waals surface area contributed by atoms with Crippen molar-refractivity contribution in [3.8, 4) is 0 Å². The molecular formula is C41H40N8O10S. The zero-order chi connectivity index (χ0) is 43.6. The fraction of sp³-hybridized carbons (Fsp3) is 0.220. The highest BCUT2D eigenvalue weighted by atomic mass is 32.2. The monoisotopic (exact) mass is 836 g/mol. The van der Waals surface area contributed by atoms with Crippen LogP contribution in [-0.4, -0.2) is 78.4 Å². The summed E-state index contributed by atoms with van der Waals surface area (Å²) in [6, 6.07) is 22.7. The number of hydrogen-bond donors (Lipinski definition) is 4. The van der Waals surface area contributed by atoms with Crippen molar-refractivity contribution in [2.24, 2.45) is 16.6 Å². The molecule has 0 spiro atoms. The zero-order valence-electron chi connectivity index (χ0n) is 32.8. The Morgan fingerprint density at radius 2 is 1.60 bits per heavy atom. The van der Waals surface area contributed by atoms with Crippen LogP contribution in [-0.2, 0) is 50.9 Å². The summed E-state index contributed by atoms with van der Waals surface area (Å²) >= 11 is 0. The molecule has 0 saturated heterocycles. The number of nitrogens with two attached hydrogens (primary N) is 2. The van der Waals surface area contributed by atoms with Crippen LogP contribution in [0.25, 0.3) is 21.7 Å². The number of hydrogen-bond acceptors (Lipinski definition) is 14. The van der Waals surface area contributed by atoms with Crippen molar-refractivity contribution in [1.82, 2.24) is 20.0 Å².